The molecule has 0 radical (unpaired) electrons. The van der Waals surface area contributed by atoms with Crippen LogP contribution in [0.15, 0.2) is 42.6 Å². The van der Waals surface area contributed by atoms with Gasteiger partial charge in [-0.1, -0.05) is 19.1 Å². The summed E-state index contributed by atoms with van der Waals surface area (Å²) in [6, 6.07) is 11.6. The molecule has 3 rings (SSSR count). The third-order valence-electron chi connectivity index (χ3n) is 3.66. The molecule has 19 heavy (non-hydrogen) atoms. The van der Waals surface area contributed by atoms with Crippen molar-refractivity contribution in [3.8, 4) is 5.75 Å². The van der Waals surface area contributed by atoms with Crippen molar-refractivity contribution in [2.75, 3.05) is 17.7 Å². The number of benzene rings is 1. The van der Waals surface area contributed by atoms with Gasteiger partial charge in [-0.2, -0.15) is 0 Å². The summed E-state index contributed by atoms with van der Waals surface area (Å²) in [7, 11) is 0. The van der Waals surface area contributed by atoms with Crippen LogP contribution >= 0.6 is 0 Å². The lowest BCUT2D eigenvalue weighted by atomic mass is 9.90. The number of pyridine rings is 1. The molecule has 2 aromatic rings. The smallest absolute Gasteiger partial charge is 0.144 e. The molecule has 1 atom stereocenters. The molecule has 0 bridgehead atoms. The Hall–Kier alpha value is -2.23. The summed E-state index contributed by atoms with van der Waals surface area (Å²) in [4.78, 5) is 4.46. The highest BCUT2D eigenvalue weighted by molar-refractivity contribution is 5.75. The first-order valence-corrected chi connectivity index (χ1v) is 6.46. The minimum absolute atomic E-state index is 0.316. The van der Waals surface area contributed by atoms with E-state index in [9.17, 15) is 0 Å². The minimum Gasteiger partial charge on any atom is -0.488 e. The molecule has 98 valence electrons. The van der Waals surface area contributed by atoms with Gasteiger partial charge in [0.1, 0.15) is 23.6 Å². The van der Waals surface area contributed by atoms with Crippen LogP contribution in [-0.4, -0.2) is 11.6 Å². The number of hydrogen-bond acceptors (Lipinski definition) is 4. The topological polar surface area (TPSA) is 60.2 Å². The fraction of sp³-hybridized carbons (Fsp3) is 0.267. The highest BCUT2D eigenvalue weighted by Gasteiger charge is 2.37. The molecule has 4 nitrogen and oxygen atoms in total. The quantitative estimate of drug-likeness (QED) is 0.810. The first-order valence-electron chi connectivity index (χ1n) is 6.46. The fourth-order valence-electron chi connectivity index (χ4n) is 2.43. The Morgan fingerprint density at radius 1 is 1.32 bits per heavy atom. The third-order valence-corrected chi connectivity index (χ3v) is 3.66. The number of anilines is 2. The van der Waals surface area contributed by atoms with Crippen molar-refractivity contribution in [2.24, 2.45) is 0 Å². The van der Waals surface area contributed by atoms with Crippen molar-refractivity contribution in [1.82, 2.24) is 4.98 Å². The Kier molecular flexibility index (Phi) is 2.78. The van der Waals surface area contributed by atoms with Gasteiger partial charge in [0.2, 0.25) is 0 Å². The SMILES string of the molecule is CCC1(c2ccccn2)COc2cccc(N)c2N1. The summed E-state index contributed by atoms with van der Waals surface area (Å²) in [5, 5.41) is 3.53. The van der Waals surface area contributed by atoms with Gasteiger partial charge < -0.3 is 15.8 Å². The van der Waals surface area contributed by atoms with Gasteiger partial charge in [-0.15, -0.1) is 0 Å². The molecule has 1 unspecified atom stereocenters. The van der Waals surface area contributed by atoms with E-state index >= 15 is 0 Å². The van der Waals surface area contributed by atoms with E-state index in [-0.39, 0.29) is 5.54 Å². The maximum atomic E-state index is 6.03. The zero-order valence-electron chi connectivity index (χ0n) is 10.9. The lowest BCUT2D eigenvalue weighted by Gasteiger charge is -2.39. The summed E-state index contributed by atoms with van der Waals surface area (Å²) in [5.41, 5.74) is 8.26. The zero-order chi connectivity index (χ0) is 13.3. The van der Waals surface area contributed by atoms with Crippen LogP contribution in [0.4, 0.5) is 11.4 Å². The molecule has 1 aromatic heterocycles. The Morgan fingerprint density at radius 3 is 2.95 bits per heavy atom. The fourth-order valence-corrected chi connectivity index (χ4v) is 2.43. The van der Waals surface area contributed by atoms with E-state index in [1.165, 1.54) is 0 Å². The van der Waals surface area contributed by atoms with E-state index < -0.39 is 0 Å². The van der Waals surface area contributed by atoms with Crippen molar-refractivity contribution in [2.45, 2.75) is 18.9 Å². The molecule has 0 amide bonds. The molecule has 4 heteroatoms. The highest BCUT2D eigenvalue weighted by atomic mass is 16.5. The summed E-state index contributed by atoms with van der Waals surface area (Å²) in [6.45, 7) is 2.67. The van der Waals surface area contributed by atoms with Crippen LogP contribution < -0.4 is 15.8 Å². The average molecular weight is 255 g/mol. The minimum atomic E-state index is -0.316. The predicted octanol–water partition coefficient (Wildman–Crippen LogP) is 2.77. The van der Waals surface area contributed by atoms with Crippen LogP contribution in [0.2, 0.25) is 0 Å². The van der Waals surface area contributed by atoms with Gasteiger partial charge >= 0.3 is 0 Å². The zero-order valence-corrected chi connectivity index (χ0v) is 10.9. The molecular weight excluding hydrogens is 238 g/mol. The third kappa shape index (κ3) is 1.89. The van der Waals surface area contributed by atoms with Crippen LogP contribution in [0, 0.1) is 0 Å². The first kappa shape index (κ1) is 11.8. The number of aromatic nitrogens is 1. The number of nitrogens with two attached hydrogens (primary N) is 1. The normalized spacial score (nSPS) is 21.1. The molecule has 0 spiro atoms. The monoisotopic (exact) mass is 255 g/mol. The van der Waals surface area contributed by atoms with Crippen LogP contribution in [-0.2, 0) is 5.54 Å². The standard InChI is InChI=1S/C15H17N3O/c1-2-15(13-8-3-4-9-17-13)10-19-12-7-5-6-11(16)14(12)18-15/h3-9,18H,2,10,16H2,1H3. The second-order valence-corrected chi connectivity index (χ2v) is 4.78. The van der Waals surface area contributed by atoms with E-state index in [0.29, 0.717) is 12.3 Å². The van der Waals surface area contributed by atoms with Gasteiger partial charge in [-0.05, 0) is 30.7 Å². The van der Waals surface area contributed by atoms with Crippen LogP contribution in [0.25, 0.3) is 0 Å². The van der Waals surface area contributed by atoms with Gasteiger partial charge in [-0.3, -0.25) is 4.98 Å². The number of nitrogens with one attached hydrogen (secondary N) is 1. The summed E-state index contributed by atoms with van der Waals surface area (Å²) >= 11 is 0. The molecule has 0 saturated carbocycles. The van der Waals surface area contributed by atoms with E-state index in [1.807, 2.05) is 36.4 Å². The lowest BCUT2D eigenvalue weighted by molar-refractivity contribution is 0.211. The number of fused-ring (bicyclic) bond motifs is 1. The molecule has 0 aliphatic carbocycles. The van der Waals surface area contributed by atoms with Gasteiger partial charge in [-0.25, -0.2) is 0 Å². The Labute approximate surface area is 112 Å². The van der Waals surface area contributed by atoms with Crippen molar-refractivity contribution in [1.29, 1.82) is 0 Å². The van der Waals surface area contributed by atoms with Crippen molar-refractivity contribution in [3.05, 3.63) is 48.3 Å². The maximum Gasteiger partial charge on any atom is 0.144 e. The number of nitrogens with zero attached hydrogens (tertiary/aromatic N) is 1. The molecule has 1 aromatic carbocycles. The van der Waals surface area contributed by atoms with Gasteiger partial charge in [0.15, 0.2) is 0 Å². The number of ether oxygens (including phenoxy) is 1. The molecule has 1 aliphatic heterocycles. The second-order valence-electron chi connectivity index (χ2n) is 4.78. The van der Waals surface area contributed by atoms with E-state index in [0.717, 1.165) is 23.6 Å². The molecule has 2 heterocycles. The average Bonchev–Trinajstić information content (AvgIpc) is 2.48. The van der Waals surface area contributed by atoms with Crippen molar-refractivity contribution < 1.29 is 4.74 Å². The van der Waals surface area contributed by atoms with E-state index in [4.69, 9.17) is 10.5 Å². The molecular formula is C15H17N3O. The van der Waals surface area contributed by atoms with Gasteiger partial charge in [0.05, 0.1) is 11.4 Å². The number of hydrogen-bond donors (Lipinski definition) is 2. The molecule has 0 saturated heterocycles. The van der Waals surface area contributed by atoms with Crippen LogP contribution in [0.5, 0.6) is 5.75 Å². The summed E-state index contributed by atoms with van der Waals surface area (Å²) < 4.78 is 5.88. The summed E-state index contributed by atoms with van der Waals surface area (Å²) in [5.74, 6) is 0.806. The van der Waals surface area contributed by atoms with E-state index in [1.54, 1.807) is 6.20 Å². The second kappa shape index (κ2) is 4.46. The maximum absolute atomic E-state index is 6.03. The Morgan fingerprint density at radius 2 is 2.21 bits per heavy atom. The first-order chi connectivity index (χ1) is 9.25. The van der Waals surface area contributed by atoms with Crippen molar-refractivity contribution >= 4 is 11.4 Å². The van der Waals surface area contributed by atoms with Gasteiger partial charge in [0, 0.05) is 6.20 Å². The van der Waals surface area contributed by atoms with Crippen LogP contribution in [0.1, 0.15) is 19.0 Å². The summed E-state index contributed by atoms with van der Waals surface area (Å²) in [6.07, 6.45) is 2.68. The van der Waals surface area contributed by atoms with Gasteiger partial charge in [0.25, 0.3) is 0 Å². The molecule has 1 aliphatic rings. The largest absolute Gasteiger partial charge is 0.488 e. The van der Waals surface area contributed by atoms with E-state index in [2.05, 4.69) is 17.2 Å². The van der Waals surface area contributed by atoms with Crippen LogP contribution in [0.3, 0.4) is 0 Å². The predicted molar refractivity (Wildman–Crippen MR) is 76.2 cm³/mol. The Balaban J connectivity index is 2.05. The highest BCUT2D eigenvalue weighted by Crippen LogP contribution is 2.41. The number of nitrogen functional groups attached to an aromatic ring is 1. The molecule has 3 N–H and O–H groups in total. The van der Waals surface area contributed by atoms with Crippen molar-refractivity contribution in [3.63, 3.8) is 0 Å². The lowest BCUT2D eigenvalue weighted by Crippen LogP contribution is -2.44. The molecule has 0 fully saturated rings. The number of para-hydroxylation sites is 1. The Bertz CT molecular complexity index is 585. The number of rotatable bonds is 2.